The molecule has 0 bridgehead atoms. The van der Waals surface area contributed by atoms with E-state index in [2.05, 4.69) is 20.7 Å². The van der Waals surface area contributed by atoms with Crippen molar-refractivity contribution in [3.05, 3.63) is 92.9 Å². The SMILES string of the molecule is CC(C)C(OC(=O)c1cc(S(=O)(=O)Nc2ccc(Br)cc2)ccc1Cl)C(=O)N1CCc2ccccc2C1. The van der Waals surface area contributed by atoms with Gasteiger partial charge >= 0.3 is 5.97 Å². The summed E-state index contributed by atoms with van der Waals surface area (Å²) in [5.74, 6) is -1.47. The molecule has 3 aromatic rings. The van der Waals surface area contributed by atoms with Crippen molar-refractivity contribution in [1.82, 2.24) is 4.90 Å². The van der Waals surface area contributed by atoms with Crippen LogP contribution in [0.25, 0.3) is 0 Å². The van der Waals surface area contributed by atoms with E-state index < -0.39 is 22.1 Å². The summed E-state index contributed by atoms with van der Waals surface area (Å²) in [7, 11) is -4.01. The zero-order chi connectivity index (χ0) is 26.7. The Morgan fingerprint density at radius 2 is 1.70 bits per heavy atom. The third-order valence-corrected chi connectivity index (χ3v) is 8.33. The van der Waals surface area contributed by atoms with Gasteiger partial charge in [0.1, 0.15) is 0 Å². The second-order valence-electron chi connectivity index (χ2n) is 9.10. The average Bonchev–Trinajstić information content (AvgIpc) is 2.87. The summed E-state index contributed by atoms with van der Waals surface area (Å²) in [5.41, 5.74) is 2.49. The van der Waals surface area contributed by atoms with E-state index in [9.17, 15) is 18.0 Å². The molecule has 0 saturated heterocycles. The smallest absolute Gasteiger partial charge is 0.340 e. The number of hydrogen-bond acceptors (Lipinski definition) is 5. The van der Waals surface area contributed by atoms with Crippen LogP contribution in [-0.4, -0.2) is 37.8 Å². The number of benzene rings is 3. The van der Waals surface area contributed by atoms with Gasteiger partial charge in [-0.3, -0.25) is 9.52 Å². The number of ether oxygens (including phenoxy) is 1. The summed E-state index contributed by atoms with van der Waals surface area (Å²) >= 11 is 9.56. The Kier molecular flexibility index (Phi) is 8.26. The van der Waals surface area contributed by atoms with E-state index in [4.69, 9.17) is 16.3 Å². The quantitative estimate of drug-likeness (QED) is 0.351. The molecule has 0 aliphatic carbocycles. The molecular formula is C27H26BrClN2O5S. The highest BCUT2D eigenvalue weighted by molar-refractivity contribution is 9.10. The average molecular weight is 606 g/mol. The van der Waals surface area contributed by atoms with Crippen molar-refractivity contribution >= 4 is 55.1 Å². The molecule has 0 aromatic heterocycles. The number of carbonyl (C=O) groups excluding carboxylic acids is 2. The Labute approximate surface area is 230 Å². The molecule has 0 spiro atoms. The van der Waals surface area contributed by atoms with Crippen molar-refractivity contribution in [1.29, 1.82) is 0 Å². The maximum Gasteiger partial charge on any atom is 0.340 e. The summed E-state index contributed by atoms with van der Waals surface area (Å²) in [6, 6.07) is 18.3. The number of anilines is 1. The van der Waals surface area contributed by atoms with Crippen LogP contribution in [0.2, 0.25) is 5.02 Å². The van der Waals surface area contributed by atoms with Gasteiger partial charge in [0, 0.05) is 23.2 Å². The molecule has 1 aliphatic heterocycles. The number of sulfonamides is 1. The van der Waals surface area contributed by atoms with Crippen LogP contribution in [-0.2, 0) is 32.5 Å². The Bertz CT molecular complexity index is 1430. The van der Waals surface area contributed by atoms with E-state index in [1.165, 1.54) is 17.7 Å². The van der Waals surface area contributed by atoms with Crippen molar-refractivity contribution in [2.45, 2.75) is 37.8 Å². The Morgan fingerprint density at radius 1 is 1.03 bits per heavy atom. The molecule has 194 valence electrons. The first-order chi connectivity index (χ1) is 17.5. The van der Waals surface area contributed by atoms with Gasteiger partial charge in [-0.05, 0) is 65.9 Å². The fourth-order valence-electron chi connectivity index (χ4n) is 4.07. The Morgan fingerprint density at radius 3 is 2.38 bits per heavy atom. The van der Waals surface area contributed by atoms with E-state index in [-0.39, 0.29) is 27.3 Å². The first-order valence-electron chi connectivity index (χ1n) is 11.7. The molecule has 37 heavy (non-hydrogen) atoms. The highest BCUT2D eigenvalue weighted by atomic mass is 79.9. The van der Waals surface area contributed by atoms with Crippen molar-refractivity contribution in [3.63, 3.8) is 0 Å². The molecule has 0 saturated carbocycles. The summed E-state index contributed by atoms with van der Waals surface area (Å²) in [5, 5.41) is 0.0226. The van der Waals surface area contributed by atoms with Crippen LogP contribution in [0.1, 0.15) is 35.3 Å². The number of nitrogens with one attached hydrogen (secondary N) is 1. The maximum absolute atomic E-state index is 13.4. The van der Waals surface area contributed by atoms with Crippen molar-refractivity contribution in [2.75, 3.05) is 11.3 Å². The van der Waals surface area contributed by atoms with Crippen molar-refractivity contribution in [2.24, 2.45) is 5.92 Å². The molecule has 7 nitrogen and oxygen atoms in total. The predicted molar refractivity (Wildman–Crippen MR) is 146 cm³/mol. The number of rotatable bonds is 7. The van der Waals surface area contributed by atoms with Crippen LogP contribution < -0.4 is 4.72 Å². The van der Waals surface area contributed by atoms with E-state index in [0.717, 1.165) is 22.5 Å². The molecule has 10 heteroatoms. The molecule has 3 aromatic carbocycles. The minimum absolute atomic E-state index is 0.0226. The predicted octanol–water partition coefficient (Wildman–Crippen LogP) is 5.67. The van der Waals surface area contributed by atoms with Gasteiger partial charge in [0.25, 0.3) is 15.9 Å². The van der Waals surface area contributed by atoms with Crippen LogP contribution in [0.5, 0.6) is 0 Å². The molecule has 1 aliphatic rings. The van der Waals surface area contributed by atoms with Crippen molar-refractivity contribution < 1.29 is 22.7 Å². The summed E-state index contributed by atoms with van der Waals surface area (Å²) in [6.07, 6.45) is -0.326. The molecular weight excluding hydrogens is 580 g/mol. The van der Waals surface area contributed by atoms with Crippen LogP contribution in [0.3, 0.4) is 0 Å². The monoisotopic (exact) mass is 604 g/mol. The topological polar surface area (TPSA) is 92.8 Å². The summed E-state index contributed by atoms with van der Waals surface area (Å²) < 4.78 is 34.8. The first kappa shape index (κ1) is 27.2. The normalized spacial score (nSPS) is 14.1. The minimum atomic E-state index is -4.01. The number of nitrogens with zero attached hydrogens (tertiary/aromatic N) is 1. The number of halogens is 2. The zero-order valence-corrected chi connectivity index (χ0v) is 23.4. The van der Waals surface area contributed by atoms with Crippen LogP contribution >= 0.6 is 27.5 Å². The van der Waals surface area contributed by atoms with Gasteiger partial charge < -0.3 is 9.64 Å². The van der Waals surface area contributed by atoms with E-state index >= 15 is 0 Å². The number of fused-ring (bicyclic) bond motifs is 1. The first-order valence-corrected chi connectivity index (χ1v) is 14.3. The van der Waals surface area contributed by atoms with Crippen LogP contribution in [0.15, 0.2) is 76.1 Å². The lowest BCUT2D eigenvalue weighted by molar-refractivity contribution is -0.144. The number of hydrogen-bond donors (Lipinski definition) is 1. The Balaban J connectivity index is 1.53. The summed E-state index contributed by atoms with van der Waals surface area (Å²) in [4.78, 5) is 28.0. The molecule has 1 amide bonds. The summed E-state index contributed by atoms with van der Waals surface area (Å²) in [6.45, 7) is 4.54. The molecule has 1 N–H and O–H groups in total. The van der Waals surface area contributed by atoms with Gasteiger partial charge in [-0.15, -0.1) is 0 Å². The second kappa shape index (κ2) is 11.2. The highest BCUT2D eigenvalue weighted by Crippen LogP contribution is 2.26. The molecule has 0 radical (unpaired) electrons. The van der Waals surface area contributed by atoms with Gasteiger partial charge in [-0.2, -0.15) is 0 Å². The van der Waals surface area contributed by atoms with Gasteiger partial charge in [0.2, 0.25) is 0 Å². The largest absolute Gasteiger partial charge is 0.448 e. The number of amides is 1. The van der Waals surface area contributed by atoms with Gasteiger partial charge in [-0.25, -0.2) is 13.2 Å². The molecule has 0 fully saturated rings. The lowest BCUT2D eigenvalue weighted by atomic mass is 9.98. The van der Waals surface area contributed by atoms with Crippen molar-refractivity contribution in [3.8, 4) is 0 Å². The van der Waals surface area contributed by atoms with E-state index in [1.807, 2.05) is 24.3 Å². The number of esters is 1. The molecule has 1 heterocycles. The fourth-order valence-corrected chi connectivity index (χ4v) is 5.62. The molecule has 1 unspecified atom stereocenters. The fraction of sp³-hybridized carbons (Fsp3) is 0.259. The van der Waals surface area contributed by atoms with E-state index in [1.54, 1.807) is 43.0 Å². The molecule has 4 rings (SSSR count). The highest BCUT2D eigenvalue weighted by Gasteiger charge is 2.33. The van der Waals surface area contributed by atoms with Crippen LogP contribution in [0.4, 0.5) is 5.69 Å². The van der Waals surface area contributed by atoms with Crippen LogP contribution in [0, 0.1) is 5.92 Å². The number of carbonyl (C=O) groups is 2. The zero-order valence-electron chi connectivity index (χ0n) is 20.3. The van der Waals surface area contributed by atoms with E-state index in [0.29, 0.717) is 18.8 Å². The Hall–Kier alpha value is -2.88. The second-order valence-corrected chi connectivity index (χ2v) is 12.1. The third kappa shape index (κ3) is 6.34. The molecule has 1 atom stereocenters. The third-order valence-electron chi connectivity index (χ3n) is 6.09. The standard InChI is InChI=1S/C27H26BrClN2O5S/c1-17(2)25(26(32)31-14-13-18-5-3-4-6-19(18)16-31)36-27(33)23-15-22(11-12-24(23)29)37(34,35)30-21-9-7-20(28)8-10-21/h3-12,15,17,25,30H,13-14,16H2,1-2H3. The lowest BCUT2D eigenvalue weighted by Crippen LogP contribution is -2.46. The minimum Gasteiger partial charge on any atom is -0.448 e. The lowest BCUT2D eigenvalue weighted by Gasteiger charge is -2.32. The van der Waals surface area contributed by atoms with Gasteiger partial charge in [0.05, 0.1) is 15.5 Å². The maximum atomic E-state index is 13.4. The van der Waals surface area contributed by atoms with Gasteiger partial charge in [-0.1, -0.05) is 65.6 Å². The van der Waals surface area contributed by atoms with Gasteiger partial charge in [0.15, 0.2) is 6.10 Å².